The Labute approximate surface area is 78.9 Å². The third-order valence-electron chi connectivity index (χ3n) is 2.02. The molecule has 60 valence electrons. The molecule has 0 saturated carbocycles. The van der Waals surface area contributed by atoms with Crippen molar-refractivity contribution in [3.63, 3.8) is 0 Å². The second-order valence-corrected chi connectivity index (χ2v) is 4.58. The molecule has 1 aromatic rings. The van der Waals surface area contributed by atoms with Gasteiger partial charge in [0, 0.05) is 15.4 Å². The molecule has 1 aliphatic rings. The number of rotatable bonds is 1. The van der Waals surface area contributed by atoms with Gasteiger partial charge in [0.2, 0.25) is 0 Å². The molecule has 0 bridgehead atoms. The highest BCUT2D eigenvalue weighted by molar-refractivity contribution is 9.10. The average Bonchev–Trinajstić information content (AvgIpc) is 2.55. The van der Waals surface area contributed by atoms with E-state index < -0.39 is 0 Å². The third kappa shape index (κ3) is 1.50. The van der Waals surface area contributed by atoms with Crippen LogP contribution in [0.1, 0.15) is 23.8 Å². The van der Waals surface area contributed by atoms with Crippen LogP contribution >= 0.6 is 27.3 Å². The van der Waals surface area contributed by atoms with Gasteiger partial charge in [-0.15, -0.1) is 11.3 Å². The SMILES string of the molecule is Brc1ccsc1C1CCCN1. The van der Waals surface area contributed by atoms with E-state index in [0.29, 0.717) is 6.04 Å². The van der Waals surface area contributed by atoms with Crippen LogP contribution in [0.4, 0.5) is 0 Å². The van der Waals surface area contributed by atoms with E-state index in [1.54, 1.807) is 0 Å². The molecule has 1 aromatic heterocycles. The Hall–Kier alpha value is 0.140. The van der Waals surface area contributed by atoms with E-state index in [2.05, 4.69) is 32.7 Å². The molecule has 3 heteroatoms. The van der Waals surface area contributed by atoms with Gasteiger partial charge in [-0.1, -0.05) is 0 Å². The molecule has 1 N–H and O–H groups in total. The van der Waals surface area contributed by atoms with Gasteiger partial charge in [-0.25, -0.2) is 0 Å². The molecule has 1 atom stereocenters. The van der Waals surface area contributed by atoms with Crippen molar-refractivity contribution in [2.45, 2.75) is 18.9 Å². The van der Waals surface area contributed by atoms with Crippen LogP contribution in [-0.2, 0) is 0 Å². The molecular formula is C8H10BrNS. The fraction of sp³-hybridized carbons (Fsp3) is 0.500. The lowest BCUT2D eigenvalue weighted by Gasteiger charge is -2.07. The molecule has 0 radical (unpaired) electrons. The lowest BCUT2D eigenvalue weighted by atomic mass is 10.2. The van der Waals surface area contributed by atoms with E-state index in [0.717, 1.165) is 0 Å². The van der Waals surface area contributed by atoms with Crippen LogP contribution in [0, 0.1) is 0 Å². The highest BCUT2D eigenvalue weighted by Gasteiger charge is 2.18. The number of hydrogen-bond acceptors (Lipinski definition) is 2. The smallest absolute Gasteiger partial charge is 0.0426 e. The van der Waals surface area contributed by atoms with Crippen molar-refractivity contribution in [2.75, 3.05) is 6.54 Å². The van der Waals surface area contributed by atoms with E-state index in [4.69, 9.17) is 0 Å². The predicted octanol–water partition coefficient (Wildman–Crippen LogP) is 2.94. The van der Waals surface area contributed by atoms with Gasteiger partial charge in [-0.2, -0.15) is 0 Å². The zero-order chi connectivity index (χ0) is 7.68. The first-order valence-corrected chi connectivity index (χ1v) is 5.51. The molecule has 11 heavy (non-hydrogen) atoms. The van der Waals surface area contributed by atoms with Gasteiger partial charge in [0.1, 0.15) is 0 Å². The summed E-state index contributed by atoms with van der Waals surface area (Å²) in [6.45, 7) is 1.18. The normalized spacial score (nSPS) is 24.3. The van der Waals surface area contributed by atoms with Crippen LogP contribution in [0.3, 0.4) is 0 Å². The van der Waals surface area contributed by atoms with Gasteiger partial charge >= 0.3 is 0 Å². The molecule has 1 saturated heterocycles. The average molecular weight is 232 g/mol. The zero-order valence-electron chi connectivity index (χ0n) is 6.14. The van der Waals surface area contributed by atoms with Gasteiger partial charge in [-0.3, -0.25) is 0 Å². The van der Waals surface area contributed by atoms with Crippen LogP contribution < -0.4 is 5.32 Å². The number of thiophene rings is 1. The Bertz CT molecular complexity index is 240. The van der Waals surface area contributed by atoms with Crippen molar-refractivity contribution in [2.24, 2.45) is 0 Å². The molecule has 1 nitrogen and oxygen atoms in total. The van der Waals surface area contributed by atoms with E-state index in [1.165, 1.54) is 28.7 Å². The molecule has 1 aliphatic heterocycles. The Morgan fingerprint density at radius 3 is 3.09 bits per heavy atom. The quantitative estimate of drug-likeness (QED) is 0.784. The summed E-state index contributed by atoms with van der Waals surface area (Å²) in [5.41, 5.74) is 0. The Morgan fingerprint density at radius 2 is 2.55 bits per heavy atom. The summed E-state index contributed by atoms with van der Waals surface area (Å²) < 4.78 is 1.27. The Morgan fingerprint density at radius 1 is 1.64 bits per heavy atom. The highest BCUT2D eigenvalue weighted by atomic mass is 79.9. The number of nitrogens with one attached hydrogen (secondary N) is 1. The van der Waals surface area contributed by atoms with Crippen LogP contribution in [0.2, 0.25) is 0 Å². The van der Waals surface area contributed by atoms with Crippen molar-refractivity contribution < 1.29 is 0 Å². The first-order valence-electron chi connectivity index (χ1n) is 3.84. The van der Waals surface area contributed by atoms with Crippen molar-refractivity contribution in [1.29, 1.82) is 0 Å². The maximum absolute atomic E-state index is 3.55. The molecule has 1 unspecified atom stereocenters. The van der Waals surface area contributed by atoms with Gasteiger partial charge in [-0.05, 0) is 46.8 Å². The van der Waals surface area contributed by atoms with E-state index in [9.17, 15) is 0 Å². The highest BCUT2D eigenvalue weighted by Crippen LogP contribution is 2.33. The molecule has 1 fully saturated rings. The Balaban J connectivity index is 2.21. The minimum Gasteiger partial charge on any atom is -0.309 e. The van der Waals surface area contributed by atoms with Crippen LogP contribution in [0.5, 0.6) is 0 Å². The topological polar surface area (TPSA) is 12.0 Å². The first kappa shape index (κ1) is 7.77. The van der Waals surface area contributed by atoms with E-state index >= 15 is 0 Å². The predicted molar refractivity (Wildman–Crippen MR) is 52.0 cm³/mol. The largest absolute Gasteiger partial charge is 0.309 e. The summed E-state index contributed by atoms with van der Waals surface area (Å²) in [6.07, 6.45) is 2.61. The van der Waals surface area contributed by atoms with Gasteiger partial charge in [0.15, 0.2) is 0 Å². The summed E-state index contributed by atoms with van der Waals surface area (Å²) in [5.74, 6) is 0. The first-order chi connectivity index (χ1) is 5.38. The number of halogens is 1. The molecule has 0 spiro atoms. The fourth-order valence-electron chi connectivity index (χ4n) is 1.46. The van der Waals surface area contributed by atoms with Gasteiger partial charge in [0.25, 0.3) is 0 Å². The van der Waals surface area contributed by atoms with E-state index in [1.807, 2.05) is 11.3 Å². The summed E-state index contributed by atoms with van der Waals surface area (Å²) >= 11 is 5.38. The summed E-state index contributed by atoms with van der Waals surface area (Å²) in [7, 11) is 0. The summed E-state index contributed by atoms with van der Waals surface area (Å²) in [4.78, 5) is 1.46. The molecule has 0 aliphatic carbocycles. The van der Waals surface area contributed by atoms with Crippen LogP contribution in [-0.4, -0.2) is 6.54 Å². The summed E-state index contributed by atoms with van der Waals surface area (Å²) in [5, 5.41) is 5.62. The van der Waals surface area contributed by atoms with Crippen molar-refractivity contribution in [3.8, 4) is 0 Å². The van der Waals surface area contributed by atoms with Gasteiger partial charge < -0.3 is 5.32 Å². The fourth-order valence-corrected chi connectivity index (χ4v) is 3.22. The number of hydrogen-bond donors (Lipinski definition) is 1. The van der Waals surface area contributed by atoms with E-state index in [-0.39, 0.29) is 0 Å². The second kappa shape index (κ2) is 3.25. The van der Waals surface area contributed by atoms with Crippen molar-refractivity contribution in [3.05, 3.63) is 20.8 Å². The standard InChI is InChI=1S/C8H10BrNS/c9-6-3-5-11-8(6)7-2-1-4-10-7/h3,5,7,10H,1-2,4H2. The molecular weight excluding hydrogens is 222 g/mol. The summed E-state index contributed by atoms with van der Waals surface area (Å²) in [6, 6.07) is 2.74. The van der Waals surface area contributed by atoms with Crippen LogP contribution in [0.15, 0.2) is 15.9 Å². The molecule has 2 rings (SSSR count). The monoisotopic (exact) mass is 231 g/mol. The van der Waals surface area contributed by atoms with Gasteiger partial charge in [0.05, 0.1) is 0 Å². The third-order valence-corrected chi connectivity index (χ3v) is 4.01. The second-order valence-electron chi connectivity index (χ2n) is 2.78. The molecule has 0 aromatic carbocycles. The minimum absolute atomic E-state index is 0.615. The molecule has 0 amide bonds. The maximum Gasteiger partial charge on any atom is 0.0426 e. The van der Waals surface area contributed by atoms with Crippen molar-refractivity contribution >= 4 is 27.3 Å². The lowest BCUT2D eigenvalue weighted by molar-refractivity contribution is 0.657. The Kier molecular flexibility index (Phi) is 2.30. The maximum atomic E-state index is 3.55. The minimum atomic E-state index is 0.615. The van der Waals surface area contributed by atoms with Crippen molar-refractivity contribution in [1.82, 2.24) is 5.32 Å². The van der Waals surface area contributed by atoms with Crippen LogP contribution in [0.25, 0.3) is 0 Å². The molecule has 2 heterocycles. The zero-order valence-corrected chi connectivity index (χ0v) is 8.54. The lowest BCUT2D eigenvalue weighted by Crippen LogP contribution is -2.11.